The number of morpholine rings is 1. The number of ether oxygens (including phenoxy) is 1. The molecule has 2 aliphatic rings. The summed E-state index contributed by atoms with van der Waals surface area (Å²) < 4.78 is 33.9. The van der Waals surface area contributed by atoms with E-state index in [2.05, 4.69) is 33.8 Å². The highest BCUT2D eigenvalue weighted by Gasteiger charge is 2.28. The van der Waals surface area contributed by atoms with Crippen molar-refractivity contribution < 1.29 is 17.9 Å². The third kappa shape index (κ3) is 4.95. The van der Waals surface area contributed by atoms with Gasteiger partial charge in [0.15, 0.2) is 5.84 Å². The molecule has 2 N–H and O–H groups in total. The summed E-state index contributed by atoms with van der Waals surface area (Å²) >= 11 is 0. The maximum absolute atomic E-state index is 12.4. The van der Waals surface area contributed by atoms with Crippen LogP contribution in [0.3, 0.4) is 0 Å². The van der Waals surface area contributed by atoms with Crippen LogP contribution >= 0.6 is 0 Å². The number of nitrogens with zero attached hydrogens (tertiary/aromatic N) is 2. The zero-order valence-electron chi connectivity index (χ0n) is 17.5. The molecule has 164 valence electrons. The predicted molar refractivity (Wildman–Crippen MR) is 119 cm³/mol. The minimum atomic E-state index is -3.67. The molecule has 8 nitrogen and oxygen atoms in total. The molecule has 0 aliphatic carbocycles. The fourth-order valence-corrected chi connectivity index (χ4v) is 5.11. The van der Waals surface area contributed by atoms with Gasteiger partial charge in [-0.3, -0.25) is 9.69 Å². The molecule has 2 heterocycles. The van der Waals surface area contributed by atoms with Crippen molar-refractivity contribution in [3.05, 3.63) is 59.7 Å². The summed E-state index contributed by atoms with van der Waals surface area (Å²) in [7, 11) is -3.67. The lowest BCUT2D eigenvalue weighted by Gasteiger charge is -2.35. The van der Waals surface area contributed by atoms with Crippen LogP contribution in [0.5, 0.6) is 0 Å². The number of amidine groups is 1. The molecule has 2 aromatic rings. The number of hydrogen-bond acceptors (Lipinski definition) is 6. The summed E-state index contributed by atoms with van der Waals surface area (Å²) in [5, 5.41) is 5.98. The van der Waals surface area contributed by atoms with E-state index in [0.717, 1.165) is 19.6 Å². The van der Waals surface area contributed by atoms with Crippen LogP contribution in [0.4, 0.5) is 5.69 Å². The van der Waals surface area contributed by atoms with Gasteiger partial charge in [0.05, 0.1) is 12.2 Å². The van der Waals surface area contributed by atoms with Crippen molar-refractivity contribution >= 4 is 27.5 Å². The molecule has 2 atom stereocenters. The molecule has 4 rings (SSSR count). The SMILES string of the molecule is C[C@@H]1CN(CCNC(=O)c2ccc(NC3=NS(=O)(=O)c4ccccc43)cc2)C[C@@H](C)O1. The van der Waals surface area contributed by atoms with E-state index >= 15 is 0 Å². The molecule has 0 saturated carbocycles. The second kappa shape index (κ2) is 8.78. The molecule has 0 bridgehead atoms. The van der Waals surface area contributed by atoms with Crippen LogP contribution in [0.15, 0.2) is 57.8 Å². The zero-order valence-corrected chi connectivity index (χ0v) is 18.4. The standard InChI is InChI=1S/C22H26N4O4S/c1-15-13-26(14-16(2)30-15)12-11-23-22(27)17-7-9-18(10-8-17)24-21-19-5-3-4-6-20(19)31(28,29)25-21/h3-10,15-16H,11-14H2,1-2H3,(H,23,27)(H,24,25)/t15-,16-/m1/s1. The Hall–Kier alpha value is -2.75. The van der Waals surface area contributed by atoms with Crippen LogP contribution in [0.2, 0.25) is 0 Å². The molecule has 0 unspecified atom stereocenters. The smallest absolute Gasteiger partial charge is 0.285 e. The molecular formula is C22H26N4O4S. The molecular weight excluding hydrogens is 416 g/mol. The van der Waals surface area contributed by atoms with Crippen molar-refractivity contribution in [1.82, 2.24) is 10.2 Å². The van der Waals surface area contributed by atoms with Crippen molar-refractivity contribution in [3.63, 3.8) is 0 Å². The molecule has 2 aromatic carbocycles. The lowest BCUT2D eigenvalue weighted by atomic mass is 10.1. The molecule has 0 spiro atoms. The highest BCUT2D eigenvalue weighted by Crippen LogP contribution is 2.26. The Morgan fingerprint density at radius 3 is 2.48 bits per heavy atom. The fourth-order valence-electron chi connectivity index (χ4n) is 3.93. The van der Waals surface area contributed by atoms with E-state index in [0.29, 0.717) is 23.4 Å². The number of nitrogens with one attached hydrogen (secondary N) is 2. The monoisotopic (exact) mass is 442 g/mol. The molecule has 0 radical (unpaired) electrons. The molecule has 31 heavy (non-hydrogen) atoms. The van der Waals surface area contributed by atoms with Crippen LogP contribution in [-0.2, 0) is 14.8 Å². The summed E-state index contributed by atoms with van der Waals surface area (Å²) in [5.41, 5.74) is 1.73. The maximum atomic E-state index is 12.4. The Morgan fingerprint density at radius 2 is 1.77 bits per heavy atom. The van der Waals surface area contributed by atoms with Crippen LogP contribution in [-0.4, -0.2) is 63.4 Å². The summed E-state index contributed by atoms with van der Waals surface area (Å²) in [6, 6.07) is 13.6. The number of sulfonamides is 1. The van der Waals surface area contributed by atoms with E-state index in [1.165, 1.54) is 6.07 Å². The minimum Gasteiger partial charge on any atom is -0.373 e. The van der Waals surface area contributed by atoms with E-state index in [9.17, 15) is 13.2 Å². The second-order valence-electron chi connectivity index (χ2n) is 7.89. The van der Waals surface area contributed by atoms with Gasteiger partial charge in [-0.2, -0.15) is 8.42 Å². The number of anilines is 1. The van der Waals surface area contributed by atoms with Gasteiger partial charge in [-0.05, 0) is 50.2 Å². The Morgan fingerprint density at radius 1 is 1.10 bits per heavy atom. The second-order valence-corrected chi connectivity index (χ2v) is 9.46. The van der Waals surface area contributed by atoms with Crippen LogP contribution in [0.25, 0.3) is 0 Å². The quantitative estimate of drug-likeness (QED) is 0.736. The van der Waals surface area contributed by atoms with Crippen molar-refractivity contribution in [2.75, 3.05) is 31.5 Å². The zero-order chi connectivity index (χ0) is 22.0. The minimum absolute atomic E-state index is 0.146. The Bertz CT molecular complexity index is 1090. The molecule has 0 aromatic heterocycles. The summed E-state index contributed by atoms with van der Waals surface area (Å²) in [5.74, 6) is 0.133. The highest BCUT2D eigenvalue weighted by atomic mass is 32.2. The first kappa shape index (κ1) is 21.5. The number of hydrogen-bond donors (Lipinski definition) is 2. The van der Waals surface area contributed by atoms with E-state index in [1.807, 2.05) is 0 Å². The van der Waals surface area contributed by atoms with Gasteiger partial charge >= 0.3 is 0 Å². The Labute approximate surface area is 182 Å². The van der Waals surface area contributed by atoms with Crippen LogP contribution in [0.1, 0.15) is 29.8 Å². The first-order valence-corrected chi connectivity index (χ1v) is 11.7. The average molecular weight is 443 g/mol. The third-order valence-electron chi connectivity index (χ3n) is 5.25. The van der Waals surface area contributed by atoms with Gasteiger partial charge < -0.3 is 15.4 Å². The lowest BCUT2D eigenvalue weighted by Crippen LogP contribution is -2.47. The van der Waals surface area contributed by atoms with E-state index in [4.69, 9.17) is 4.74 Å². The topological polar surface area (TPSA) is 100 Å². The van der Waals surface area contributed by atoms with Crippen molar-refractivity contribution in [2.24, 2.45) is 4.40 Å². The average Bonchev–Trinajstić information content (AvgIpc) is 2.98. The fraction of sp³-hybridized carbons (Fsp3) is 0.364. The maximum Gasteiger partial charge on any atom is 0.285 e. The summed E-state index contributed by atoms with van der Waals surface area (Å²) in [6.07, 6.45) is 0.400. The normalized spacial score (nSPS) is 22.5. The Kier molecular flexibility index (Phi) is 6.08. The van der Waals surface area contributed by atoms with E-state index < -0.39 is 10.0 Å². The van der Waals surface area contributed by atoms with Gasteiger partial charge in [0.2, 0.25) is 0 Å². The van der Waals surface area contributed by atoms with Crippen molar-refractivity contribution in [2.45, 2.75) is 31.0 Å². The van der Waals surface area contributed by atoms with Gasteiger partial charge in [-0.1, -0.05) is 12.1 Å². The number of carbonyl (C=O) groups excluding carboxylic acids is 1. The molecule has 1 fully saturated rings. The molecule has 1 saturated heterocycles. The van der Waals surface area contributed by atoms with Crippen molar-refractivity contribution in [1.29, 1.82) is 0 Å². The number of rotatable bonds is 5. The Balaban J connectivity index is 1.33. The largest absolute Gasteiger partial charge is 0.373 e. The number of fused-ring (bicyclic) bond motifs is 1. The molecule has 2 aliphatic heterocycles. The first-order chi connectivity index (χ1) is 14.8. The molecule has 1 amide bonds. The number of carbonyl (C=O) groups is 1. The molecule has 9 heteroatoms. The van der Waals surface area contributed by atoms with Gasteiger partial charge in [0.1, 0.15) is 4.90 Å². The highest BCUT2D eigenvalue weighted by molar-refractivity contribution is 7.90. The predicted octanol–water partition coefficient (Wildman–Crippen LogP) is 2.09. The summed E-state index contributed by atoms with van der Waals surface area (Å²) in [6.45, 7) is 7.18. The lowest BCUT2D eigenvalue weighted by molar-refractivity contribution is -0.0672. The third-order valence-corrected chi connectivity index (χ3v) is 6.58. The summed E-state index contributed by atoms with van der Waals surface area (Å²) in [4.78, 5) is 14.9. The number of amides is 1. The van der Waals surface area contributed by atoms with Crippen molar-refractivity contribution in [3.8, 4) is 0 Å². The van der Waals surface area contributed by atoms with Gasteiger partial charge in [0, 0.05) is 43.0 Å². The van der Waals surface area contributed by atoms with Gasteiger partial charge in [-0.25, -0.2) is 0 Å². The van der Waals surface area contributed by atoms with E-state index in [-0.39, 0.29) is 28.8 Å². The van der Waals surface area contributed by atoms with Crippen LogP contribution in [0, 0.1) is 0 Å². The number of benzene rings is 2. The van der Waals surface area contributed by atoms with Gasteiger partial charge in [0.25, 0.3) is 15.9 Å². The van der Waals surface area contributed by atoms with Gasteiger partial charge in [-0.15, -0.1) is 4.40 Å². The first-order valence-electron chi connectivity index (χ1n) is 10.3. The van der Waals surface area contributed by atoms with Crippen LogP contribution < -0.4 is 10.6 Å². The van der Waals surface area contributed by atoms with E-state index in [1.54, 1.807) is 42.5 Å².